The predicted molar refractivity (Wildman–Crippen MR) is 62.7 cm³/mol. The number of imidazole rings is 1. The Morgan fingerprint density at radius 1 is 1.65 bits per heavy atom. The molecule has 0 aliphatic rings. The first kappa shape index (κ1) is 13.0. The van der Waals surface area contributed by atoms with Crippen molar-refractivity contribution in [2.75, 3.05) is 0 Å². The molecule has 0 aromatic carbocycles. The number of amidine groups is 1. The average Bonchev–Trinajstić information content (AvgIpc) is 2.70. The van der Waals surface area contributed by atoms with Crippen LogP contribution in [0, 0.1) is 5.92 Å². The Kier molecular flexibility index (Phi) is 4.08. The van der Waals surface area contributed by atoms with E-state index in [0.29, 0.717) is 5.69 Å². The molecule has 0 aliphatic heterocycles. The van der Waals surface area contributed by atoms with Crippen molar-refractivity contribution in [3.8, 4) is 0 Å². The molecule has 0 aliphatic carbocycles. The van der Waals surface area contributed by atoms with Gasteiger partial charge in [0.2, 0.25) is 0 Å². The zero-order valence-corrected chi connectivity index (χ0v) is 10.1. The van der Waals surface area contributed by atoms with E-state index in [2.05, 4.69) is 15.5 Å². The van der Waals surface area contributed by atoms with Crippen molar-refractivity contribution in [3.05, 3.63) is 18.2 Å². The molecule has 0 spiro atoms. The van der Waals surface area contributed by atoms with Gasteiger partial charge in [0.25, 0.3) is 5.91 Å². The van der Waals surface area contributed by atoms with Gasteiger partial charge in [-0.05, 0) is 5.92 Å². The fraction of sp³-hybridized carbons (Fsp3) is 0.500. The van der Waals surface area contributed by atoms with Crippen LogP contribution in [-0.4, -0.2) is 32.5 Å². The maximum Gasteiger partial charge on any atom is 0.270 e. The Labute approximate surface area is 99.3 Å². The van der Waals surface area contributed by atoms with Crippen molar-refractivity contribution in [1.82, 2.24) is 14.9 Å². The van der Waals surface area contributed by atoms with Crippen molar-refractivity contribution in [1.29, 1.82) is 0 Å². The molecule has 1 aromatic rings. The molecule has 94 valence electrons. The Balaban J connectivity index is 2.82. The second-order valence-corrected chi connectivity index (χ2v) is 4.11. The van der Waals surface area contributed by atoms with Crippen LogP contribution < -0.4 is 11.1 Å². The van der Waals surface area contributed by atoms with Gasteiger partial charge < -0.3 is 20.8 Å². The van der Waals surface area contributed by atoms with Gasteiger partial charge in [-0.2, -0.15) is 0 Å². The van der Waals surface area contributed by atoms with Crippen molar-refractivity contribution < 1.29 is 10.0 Å². The molecule has 1 unspecified atom stereocenters. The SMILES string of the molecule is CC(C)C(NC(=O)c1cncn1C)C(N)=NO. The second kappa shape index (κ2) is 5.33. The zero-order valence-electron chi connectivity index (χ0n) is 10.1. The van der Waals surface area contributed by atoms with E-state index in [-0.39, 0.29) is 17.7 Å². The summed E-state index contributed by atoms with van der Waals surface area (Å²) < 4.78 is 1.60. The number of nitrogens with two attached hydrogens (primary N) is 1. The zero-order chi connectivity index (χ0) is 13.0. The van der Waals surface area contributed by atoms with Crippen LogP contribution in [0.15, 0.2) is 17.7 Å². The molecule has 0 saturated carbocycles. The fourth-order valence-corrected chi connectivity index (χ4v) is 1.44. The van der Waals surface area contributed by atoms with Crippen molar-refractivity contribution in [2.45, 2.75) is 19.9 Å². The summed E-state index contributed by atoms with van der Waals surface area (Å²) in [6.07, 6.45) is 2.99. The highest BCUT2D eigenvalue weighted by atomic mass is 16.4. The van der Waals surface area contributed by atoms with E-state index in [1.54, 1.807) is 11.6 Å². The maximum absolute atomic E-state index is 11.9. The van der Waals surface area contributed by atoms with Gasteiger partial charge in [-0.1, -0.05) is 19.0 Å². The van der Waals surface area contributed by atoms with Gasteiger partial charge in [-0.15, -0.1) is 0 Å². The van der Waals surface area contributed by atoms with E-state index in [9.17, 15) is 4.79 Å². The molecule has 7 nitrogen and oxygen atoms in total. The number of amides is 1. The first-order valence-corrected chi connectivity index (χ1v) is 5.22. The lowest BCUT2D eigenvalue weighted by molar-refractivity contribution is 0.0930. The lowest BCUT2D eigenvalue weighted by Gasteiger charge is -2.20. The summed E-state index contributed by atoms with van der Waals surface area (Å²) in [5.74, 6) is -0.311. The largest absolute Gasteiger partial charge is 0.409 e. The molecule has 4 N–H and O–H groups in total. The van der Waals surface area contributed by atoms with Crippen molar-refractivity contribution >= 4 is 11.7 Å². The van der Waals surface area contributed by atoms with Crippen molar-refractivity contribution in [3.63, 3.8) is 0 Å². The smallest absolute Gasteiger partial charge is 0.270 e. The van der Waals surface area contributed by atoms with Gasteiger partial charge >= 0.3 is 0 Å². The quantitative estimate of drug-likeness (QED) is 0.296. The number of aromatic nitrogens is 2. The Morgan fingerprint density at radius 3 is 2.71 bits per heavy atom. The van der Waals surface area contributed by atoms with Gasteiger partial charge in [-0.3, -0.25) is 4.79 Å². The van der Waals surface area contributed by atoms with E-state index >= 15 is 0 Å². The highest BCUT2D eigenvalue weighted by Gasteiger charge is 2.22. The molecule has 0 radical (unpaired) electrons. The van der Waals surface area contributed by atoms with Gasteiger partial charge in [-0.25, -0.2) is 4.98 Å². The summed E-state index contributed by atoms with van der Waals surface area (Å²) in [6, 6.07) is -0.512. The van der Waals surface area contributed by atoms with Crippen LogP contribution in [0.25, 0.3) is 0 Å². The van der Waals surface area contributed by atoms with Crippen LogP contribution in [0.2, 0.25) is 0 Å². The number of hydrogen-bond acceptors (Lipinski definition) is 4. The number of oxime groups is 1. The lowest BCUT2D eigenvalue weighted by Crippen LogP contribution is -2.48. The van der Waals surface area contributed by atoms with Gasteiger partial charge in [0.05, 0.1) is 18.6 Å². The fourth-order valence-electron chi connectivity index (χ4n) is 1.44. The minimum absolute atomic E-state index is 0.0167. The summed E-state index contributed by atoms with van der Waals surface area (Å²) in [7, 11) is 1.72. The molecule has 1 heterocycles. The molecule has 0 bridgehead atoms. The molecule has 1 rings (SSSR count). The molecular weight excluding hydrogens is 222 g/mol. The minimum Gasteiger partial charge on any atom is -0.409 e. The predicted octanol–water partition coefficient (Wildman–Crippen LogP) is -0.0791. The monoisotopic (exact) mass is 239 g/mol. The van der Waals surface area contributed by atoms with E-state index in [1.165, 1.54) is 12.5 Å². The highest BCUT2D eigenvalue weighted by Crippen LogP contribution is 2.04. The number of nitrogens with zero attached hydrogens (tertiary/aromatic N) is 3. The van der Waals surface area contributed by atoms with Crippen LogP contribution in [0.4, 0.5) is 0 Å². The number of carbonyl (C=O) groups excluding carboxylic acids is 1. The Hall–Kier alpha value is -2.05. The maximum atomic E-state index is 11.9. The summed E-state index contributed by atoms with van der Waals surface area (Å²) in [4.78, 5) is 15.7. The molecule has 1 amide bonds. The first-order chi connectivity index (χ1) is 7.97. The second-order valence-electron chi connectivity index (χ2n) is 4.11. The summed E-state index contributed by atoms with van der Waals surface area (Å²) in [5.41, 5.74) is 5.94. The molecule has 0 saturated heterocycles. The molecule has 1 aromatic heterocycles. The molecule has 17 heavy (non-hydrogen) atoms. The van der Waals surface area contributed by atoms with Gasteiger partial charge in [0, 0.05) is 7.05 Å². The third-order valence-corrected chi connectivity index (χ3v) is 2.44. The number of carbonyl (C=O) groups is 1. The number of hydrogen-bond donors (Lipinski definition) is 3. The lowest BCUT2D eigenvalue weighted by atomic mass is 10.0. The first-order valence-electron chi connectivity index (χ1n) is 5.22. The van der Waals surface area contributed by atoms with Gasteiger partial charge in [0.1, 0.15) is 5.69 Å². The van der Waals surface area contributed by atoms with E-state index in [1.807, 2.05) is 13.8 Å². The van der Waals surface area contributed by atoms with E-state index < -0.39 is 6.04 Å². The van der Waals surface area contributed by atoms with Crippen LogP contribution in [0.1, 0.15) is 24.3 Å². The van der Waals surface area contributed by atoms with Crippen LogP contribution in [0.5, 0.6) is 0 Å². The van der Waals surface area contributed by atoms with Gasteiger partial charge in [0.15, 0.2) is 5.84 Å². The number of nitrogens with one attached hydrogen (secondary N) is 1. The third kappa shape index (κ3) is 2.96. The topological polar surface area (TPSA) is 106 Å². The molecule has 1 atom stereocenters. The Bertz CT molecular complexity index is 424. The minimum atomic E-state index is -0.512. The van der Waals surface area contributed by atoms with E-state index in [0.717, 1.165) is 0 Å². The van der Waals surface area contributed by atoms with Crippen LogP contribution in [0.3, 0.4) is 0 Å². The molecule has 0 fully saturated rings. The van der Waals surface area contributed by atoms with E-state index in [4.69, 9.17) is 10.9 Å². The normalized spacial score (nSPS) is 13.8. The van der Waals surface area contributed by atoms with Crippen molar-refractivity contribution in [2.24, 2.45) is 23.9 Å². The molecule has 7 heteroatoms. The number of aryl methyl sites for hydroxylation is 1. The third-order valence-electron chi connectivity index (χ3n) is 2.44. The molecular formula is C10H17N5O2. The number of rotatable bonds is 4. The summed E-state index contributed by atoms with van der Waals surface area (Å²) >= 11 is 0. The standard InChI is InChI=1S/C10H17N5O2/c1-6(2)8(9(11)14-17)13-10(16)7-4-12-5-15(7)3/h4-6,8,17H,1-3H3,(H2,11,14)(H,13,16). The summed E-state index contributed by atoms with van der Waals surface area (Å²) in [6.45, 7) is 3.73. The van der Waals surface area contributed by atoms with Crippen LogP contribution >= 0.6 is 0 Å². The summed E-state index contributed by atoms with van der Waals surface area (Å²) in [5, 5.41) is 14.3. The average molecular weight is 239 g/mol. The Morgan fingerprint density at radius 2 is 2.29 bits per heavy atom. The van der Waals surface area contributed by atoms with Crippen LogP contribution in [-0.2, 0) is 7.05 Å². The highest BCUT2D eigenvalue weighted by molar-refractivity contribution is 5.97.